The van der Waals surface area contributed by atoms with E-state index >= 15 is 0 Å². The molecule has 0 fully saturated rings. The van der Waals surface area contributed by atoms with Gasteiger partial charge in [-0.1, -0.05) is 28.9 Å². The van der Waals surface area contributed by atoms with E-state index in [0.717, 1.165) is 5.56 Å². The van der Waals surface area contributed by atoms with E-state index < -0.39 is 0 Å². The van der Waals surface area contributed by atoms with Crippen LogP contribution in [0.4, 0.5) is 0 Å². The van der Waals surface area contributed by atoms with Gasteiger partial charge in [-0.3, -0.25) is 4.79 Å². The minimum atomic E-state index is -0.0768. The number of hydrogen-bond acceptors (Lipinski definition) is 5. The number of aromatic nitrogens is 2. The minimum absolute atomic E-state index is 0.0257. The fourth-order valence-electron chi connectivity index (χ4n) is 1.96. The summed E-state index contributed by atoms with van der Waals surface area (Å²) >= 11 is 5.93. The molecule has 1 heterocycles. The van der Waals surface area contributed by atoms with E-state index in [1.54, 1.807) is 19.2 Å². The first-order chi connectivity index (χ1) is 10.6. The van der Waals surface area contributed by atoms with E-state index in [9.17, 15) is 4.79 Å². The summed E-state index contributed by atoms with van der Waals surface area (Å²) in [6, 6.07) is 7.17. The molecule has 0 unspecified atom stereocenters. The molecule has 0 spiro atoms. The van der Waals surface area contributed by atoms with Crippen LogP contribution in [-0.4, -0.2) is 35.8 Å². The van der Waals surface area contributed by atoms with E-state index in [0.29, 0.717) is 29.8 Å². The summed E-state index contributed by atoms with van der Waals surface area (Å²) in [5.74, 6) is 0.808. The van der Waals surface area contributed by atoms with E-state index in [-0.39, 0.29) is 18.4 Å². The monoisotopic (exact) mass is 323 g/mol. The van der Waals surface area contributed by atoms with E-state index in [4.69, 9.17) is 20.9 Å². The van der Waals surface area contributed by atoms with Crippen molar-refractivity contribution in [3.63, 3.8) is 0 Å². The minimum Gasteiger partial charge on any atom is -0.383 e. The van der Waals surface area contributed by atoms with Crippen molar-refractivity contribution in [2.45, 2.75) is 25.8 Å². The topological polar surface area (TPSA) is 77.2 Å². The molecule has 118 valence electrons. The van der Waals surface area contributed by atoms with Crippen LogP contribution in [0.3, 0.4) is 0 Å². The summed E-state index contributed by atoms with van der Waals surface area (Å²) in [6.07, 6.45) is 0.671. The third-order valence-corrected chi connectivity index (χ3v) is 3.18. The lowest BCUT2D eigenvalue weighted by atomic mass is 10.2. The van der Waals surface area contributed by atoms with E-state index in [1.807, 2.05) is 19.1 Å². The van der Waals surface area contributed by atoms with Gasteiger partial charge in [0.15, 0.2) is 0 Å². The lowest BCUT2D eigenvalue weighted by Crippen LogP contribution is -2.35. The molecule has 2 aromatic rings. The van der Waals surface area contributed by atoms with E-state index in [2.05, 4.69) is 15.5 Å². The van der Waals surface area contributed by atoms with Crippen LogP contribution >= 0.6 is 11.6 Å². The van der Waals surface area contributed by atoms with E-state index in [1.165, 1.54) is 0 Å². The molecule has 1 atom stereocenters. The lowest BCUT2D eigenvalue weighted by molar-refractivity contribution is -0.122. The van der Waals surface area contributed by atoms with Crippen LogP contribution in [0.1, 0.15) is 19.2 Å². The van der Waals surface area contributed by atoms with Gasteiger partial charge in [0.1, 0.15) is 0 Å². The van der Waals surface area contributed by atoms with Gasteiger partial charge in [0.25, 0.3) is 0 Å². The fraction of sp³-hybridized carbons (Fsp3) is 0.400. The Labute approximate surface area is 133 Å². The van der Waals surface area contributed by atoms with Gasteiger partial charge in [-0.05, 0) is 19.1 Å². The highest BCUT2D eigenvalue weighted by molar-refractivity contribution is 6.30. The average molecular weight is 324 g/mol. The Bertz CT molecular complexity index is 630. The third-order valence-electron chi connectivity index (χ3n) is 2.94. The number of methoxy groups -OCH3 is 1. The number of aryl methyl sites for hydroxylation is 1. The van der Waals surface area contributed by atoms with Crippen molar-refractivity contribution in [1.82, 2.24) is 15.5 Å². The summed E-state index contributed by atoms with van der Waals surface area (Å²) in [7, 11) is 1.60. The Morgan fingerprint density at radius 2 is 2.32 bits per heavy atom. The normalized spacial score (nSPS) is 12.1. The van der Waals surface area contributed by atoms with Crippen LogP contribution in [0.2, 0.25) is 5.02 Å². The van der Waals surface area contributed by atoms with Gasteiger partial charge in [-0.25, -0.2) is 0 Å². The molecule has 7 heteroatoms. The molecule has 6 nitrogen and oxygen atoms in total. The molecule has 0 aliphatic heterocycles. The van der Waals surface area contributed by atoms with Gasteiger partial charge in [-0.2, -0.15) is 4.98 Å². The van der Waals surface area contributed by atoms with Crippen LogP contribution in [0.5, 0.6) is 0 Å². The van der Waals surface area contributed by atoms with Crippen molar-refractivity contribution in [3.8, 4) is 11.4 Å². The first-order valence-corrected chi connectivity index (χ1v) is 7.33. The summed E-state index contributed by atoms with van der Waals surface area (Å²) < 4.78 is 10.1. The molecule has 0 saturated carbocycles. The number of ether oxygens (including phenoxy) is 1. The van der Waals surface area contributed by atoms with Crippen LogP contribution < -0.4 is 5.32 Å². The standard InChI is InChI=1S/C15H18ClN3O3/c1-10(9-21-2)17-13(20)6-7-14-18-15(19-22-14)11-4-3-5-12(16)8-11/h3-5,8,10H,6-7,9H2,1-2H3,(H,17,20)/t10-/m1/s1. The van der Waals surface area contributed by atoms with Gasteiger partial charge in [0.2, 0.25) is 17.6 Å². The summed E-state index contributed by atoms with van der Waals surface area (Å²) in [6.45, 7) is 2.36. The van der Waals surface area contributed by atoms with Gasteiger partial charge < -0.3 is 14.6 Å². The summed E-state index contributed by atoms with van der Waals surface area (Å²) in [4.78, 5) is 16.0. The highest BCUT2D eigenvalue weighted by atomic mass is 35.5. The Kier molecular flexibility index (Phi) is 5.91. The van der Waals surface area contributed by atoms with Gasteiger partial charge in [0.05, 0.1) is 6.61 Å². The molecule has 1 N–H and O–H groups in total. The number of rotatable bonds is 7. The zero-order valence-corrected chi connectivity index (χ0v) is 13.3. The SMILES string of the molecule is COC[C@@H](C)NC(=O)CCc1nc(-c2cccc(Cl)c2)no1. The third kappa shape index (κ3) is 4.82. The van der Waals surface area contributed by atoms with Crippen molar-refractivity contribution >= 4 is 17.5 Å². The van der Waals surface area contributed by atoms with Crippen molar-refractivity contribution in [3.05, 3.63) is 35.2 Å². The number of amides is 1. The number of nitrogens with one attached hydrogen (secondary N) is 1. The highest BCUT2D eigenvalue weighted by Gasteiger charge is 2.12. The maximum Gasteiger partial charge on any atom is 0.227 e. The molecule has 1 aromatic carbocycles. The maximum atomic E-state index is 11.7. The second-order valence-corrected chi connectivity index (χ2v) is 5.38. The van der Waals surface area contributed by atoms with Gasteiger partial charge in [-0.15, -0.1) is 0 Å². The fourth-order valence-corrected chi connectivity index (χ4v) is 2.15. The summed E-state index contributed by atoms with van der Waals surface area (Å²) in [5, 5.41) is 7.33. The molecule has 0 saturated heterocycles. The Balaban J connectivity index is 1.88. The number of benzene rings is 1. The Hall–Kier alpha value is -1.92. The maximum absolute atomic E-state index is 11.7. The summed E-state index contributed by atoms with van der Waals surface area (Å²) in [5.41, 5.74) is 0.778. The second kappa shape index (κ2) is 7.91. The largest absolute Gasteiger partial charge is 0.383 e. The highest BCUT2D eigenvalue weighted by Crippen LogP contribution is 2.20. The average Bonchev–Trinajstić information content (AvgIpc) is 2.94. The number of halogens is 1. The molecule has 1 aromatic heterocycles. The first-order valence-electron chi connectivity index (χ1n) is 6.95. The second-order valence-electron chi connectivity index (χ2n) is 4.95. The molecule has 0 aliphatic rings. The number of nitrogens with zero attached hydrogens (tertiary/aromatic N) is 2. The Morgan fingerprint density at radius 1 is 1.50 bits per heavy atom. The molecule has 0 aliphatic carbocycles. The zero-order chi connectivity index (χ0) is 15.9. The first kappa shape index (κ1) is 16.5. The predicted molar refractivity (Wildman–Crippen MR) is 82.5 cm³/mol. The van der Waals surface area contributed by atoms with Crippen LogP contribution in [-0.2, 0) is 16.0 Å². The quantitative estimate of drug-likeness (QED) is 0.847. The van der Waals surface area contributed by atoms with Crippen molar-refractivity contribution in [1.29, 1.82) is 0 Å². The Morgan fingerprint density at radius 3 is 3.05 bits per heavy atom. The molecular formula is C15H18ClN3O3. The van der Waals surface area contributed by atoms with Crippen LogP contribution in [0, 0.1) is 0 Å². The lowest BCUT2D eigenvalue weighted by Gasteiger charge is -2.11. The zero-order valence-electron chi connectivity index (χ0n) is 12.5. The van der Waals surface area contributed by atoms with Crippen molar-refractivity contribution in [2.75, 3.05) is 13.7 Å². The molecule has 22 heavy (non-hydrogen) atoms. The molecule has 2 rings (SSSR count). The smallest absolute Gasteiger partial charge is 0.227 e. The number of hydrogen-bond donors (Lipinski definition) is 1. The van der Waals surface area contributed by atoms with Gasteiger partial charge >= 0.3 is 0 Å². The van der Waals surface area contributed by atoms with Gasteiger partial charge in [0, 0.05) is 36.6 Å². The number of carbonyl (C=O) groups excluding carboxylic acids is 1. The molecular weight excluding hydrogens is 306 g/mol. The predicted octanol–water partition coefficient (Wildman–Crippen LogP) is 2.47. The van der Waals surface area contributed by atoms with Crippen molar-refractivity contribution < 1.29 is 14.1 Å². The molecule has 0 radical (unpaired) electrons. The number of carbonyl (C=O) groups is 1. The van der Waals surface area contributed by atoms with Crippen molar-refractivity contribution in [2.24, 2.45) is 0 Å². The molecule has 1 amide bonds. The van der Waals surface area contributed by atoms with Crippen LogP contribution in [0.15, 0.2) is 28.8 Å². The van der Waals surface area contributed by atoms with Crippen LogP contribution in [0.25, 0.3) is 11.4 Å². The molecule has 0 bridgehead atoms.